The average molecular weight is 205 g/mol. The third-order valence-electron chi connectivity index (χ3n) is 2.96. The van der Waals surface area contributed by atoms with Crippen molar-refractivity contribution in [3.05, 3.63) is 29.1 Å². The average Bonchev–Trinajstić information content (AvgIpc) is 2.24. The number of hydrogen-bond donors (Lipinski definition) is 1. The molecule has 1 aliphatic rings. The maximum Gasteiger partial charge on any atom is 0.0375 e. The zero-order chi connectivity index (χ0) is 10.7. The van der Waals surface area contributed by atoms with E-state index in [1.165, 1.54) is 11.1 Å². The fourth-order valence-electron chi connectivity index (χ4n) is 2.00. The van der Waals surface area contributed by atoms with E-state index >= 15 is 0 Å². The van der Waals surface area contributed by atoms with Crippen LogP contribution in [0.3, 0.4) is 0 Å². The second-order valence-corrected chi connectivity index (χ2v) is 4.28. The largest absolute Gasteiger partial charge is 0.314 e. The molecule has 0 radical (unpaired) electrons. The van der Waals surface area contributed by atoms with Gasteiger partial charge < -0.3 is 5.32 Å². The van der Waals surface area contributed by atoms with E-state index < -0.39 is 0 Å². The van der Waals surface area contributed by atoms with Crippen LogP contribution >= 0.6 is 0 Å². The zero-order valence-corrected chi connectivity index (χ0v) is 9.58. The standard InChI is InChI=1S/C12H19N3/c1-10-7-11(2)14-8-12(10)9-15-5-3-13-4-6-15/h7-8,13H,3-6,9H2,1-2H3. The van der Waals surface area contributed by atoms with Gasteiger partial charge in [0, 0.05) is 44.6 Å². The number of rotatable bonds is 2. The number of pyridine rings is 1. The van der Waals surface area contributed by atoms with Gasteiger partial charge in [-0.15, -0.1) is 0 Å². The summed E-state index contributed by atoms with van der Waals surface area (Å²) in [6.07, 6.45) is 2.02. The topological polar surface area (TPSA) is 28.2 Å². The quantitative estimate of drug-likeness (QED) is 0.784. The molecule has 0 amide bonds. The van der Waals surface area contributed by atoms with Gasteiger partial charge in [0.15, 0.2) is 0 Å². The smallest absolute Gasteiger partial charge is 0.0375 e. The second-order valence-electron chi connectivity index (χ2n) is 4.28. The monoisotopic (exact) mass is 205 g/mol. The van der Waals surface area contributed by atoms with E-state index in [4.69, 9.17) is 0 Å². The van der Waals surface area contributed by atoms with Crippen LogP contribution in [0.4, 0.5) is 0 Å². The maximum atomic E-state index is 4.36. The molecule has 0 aliphatic carbocycles. The van der Waals surface area contributed by atoms with Crippen molar-refractivity contribution in [3.63, 3.8) is 0 Å². The molecule has 2 heterocycles. The van der Waals surface area contributed by atoms with Crippen molar-refractivity contribution in [2.45, 2.75) is 20.4 Å². The summed E-state index contributed by atoms with van der Waals surface area (Å²) in [5, 5.41) is 3.37. The zero-order valence-electron chi connectivity index (χ0n) is 9.58. The summed E-state index contributed by atoms with van der Waals surface area (Å²) in [6, 6.07) is 2.16. The first-order chi connectivity index (χ1) is 7.25. The number of hydrogen-bond acceptors (Lipinski definition) is 3. The highest BCUT2D eigenvalue weighted by Gasteiger charge is 2.11. The van der Waals surface area contributed by atoms with Crippen LogP contribution in [-0.2, 0) is 6.54 Å². The lowest BCUT2D eigenvalue weighted by atomic mass is 10.1. The molecule has 0 aromatic carbocycles. The number of aromatic nitrogens is 1. The fourth-order valence-corrected chi connectivity index (χ4v) is 2.00. The molecule has 3 nitrogen and oxygen atoms in total. The minimum Gasteiger partial charge on any atom is -0.314 e. The molecule has 2 rings (SSSR count). The number of nitrogens with zero attached hydrogens (tertiary/aromatic N) is 2. The summed E-state index contributed by atoms with van der Waals surface area (Å²) < 4.78 is 0. The van der Waals surface area contributed by atoms with Gasteiger partial charge in [0.05, 0.1) is 0 Å². The van der Waals surface area contributed by atoms with Crippen LogP contribution in [0.5, 0.6) is 0 Å². The van der Waals surface area contributed by atoms with Crippen molar-refractivity contribution in [2.24, 2.45) is 0 Å². The third kappa shape index (κ3) is 2.76. The Morgan fingerprint density at radius 3 is 2.73 bits per heavy atom. The van der Waals surface area contributed by atoms with Gasteiger partial charge in [-0.25, -0.2) is 0 Å². The van der Waals surface area contributed by atoms with Gasteiger partial charge in [-0.1, -0.05) is 0 Å². The van der Waals surface area contributed by atoms with E-state index in [-0.39, 0.29) is 0 Å². The molecule has 1 saturated heterocycles. The lowest BCUT2D eigenvalue weighted by molar-refractivity contribution is 0.232. The number of piperazine rings is 1. The van der Waals surface area contributed by atoms with E-state index in [0.29, 0.717) is 0 Å². The predicted octanol–water partition coefficient (Wildman–Crippen LogP) is 1.10. The lowest BCUT2D eigenvalue weighted by Crippen LogP contribution is -2.43. The molecular weight excluding hydrogens is 186 g/mol. The minimum absolute atomic E-state index is 1.04. The van der Waals surface area contributed by atoms with Crippen molar-refractivity contribution in [1.29, 1.82) is 0 Å². The van der Waals surface area contributed by atoms with Gasteiger partial charge in [0.2, 0.25) is 0 Å². The van der Waals surface area contributed by atoms with E-state index in [9.17, 15) is 0 Å². The van der Waals surface area contributed by atoms with Gasteiger partial charge in [0.25, 0.3) is 0 Å². The number of aryl methyl sites for hydroxylation is 2. The Bertz CT molecular complexity index is 330. The summed E-state index contributed by atoms with van der Waals surface area (Å²) in [4.78, 5) is 6.85. The van der Waals surface area contributed by atoms with Gasteiger partial charge in [0.1, 0.15) is 0 Å². The highest BCUT2D eigenvalue weighted by Crippen LogP contribution is 2.11. The molecule has 0 spiro atoms. The first kappa shape index (κ1) is 10.6. The minimum atomic E-state index is 1.04. The summed E-state index contributed by atoms with van der Waals surface area (Å²) in [5.74, 6) is 0. The molecule has 15 heavy (non-hydrogen) atoms. The molecule has 1 aromatic heterocycles. The maximum absolute atomic E-state index is 4.36. The lowest BCUT2D eigenvalue weighted by Gasteiger charge is -2.27. The van der Waals surface area contributed by atoms with Crippen LogP contribution in [0.2, 0.25) is 0 Å². The third-order valence-corrected chi connectivity index (χ3v) is 2.96. The summed E-state index contributed by atoms with van der Waals surface area (Å²) in [5.41, 5.74) is 3.83. The summed E-state index contributed by atoms with van der Waals surface area (Å²) in [6.45, 7) is 9.77. The Labute approximate surface area is 91.5 Å². The Hall–Kier alpha value is -0.930. The van der Waals surface area contributed by atoms with Crippen LogP contribution in [0.15, 0.2) is 12.3 Å². The molecule has 1 fully saturated rings. The highest BCUT2D eigenvalue weighted by molar-refractivity contribution is 5.24. The summed E-state index contributed by atoms with van der Waals surface area (Å²) >= 11 is 0. The molecule has 3 heteroatoms. The van der Waals surface area contributed by atoms with Crippen molar-refractivity contribution in [2.75, 3.05) is 26.2 Å². The van der Waals surface area contributed by atoms with E-state index in [1.54, 1.807) is 0 Å². The van der Waals surface area contributed by atoms with Gasteiger partial charge in [-0.2, -0.15) is 0 Å². The predicted molar refractivity (Wildman–Crippen MR) is 61.9 cm³/mol. The van der Waals surface area contributed by atoms with Crippen LogP contribution < -0.4 is 5.32 Å². The Kier molecular flexibility index (Phi) is 3.34. The van der Waals surface area contributed by atoms with Crippen LogP contribution in [0.25, 0.3) is 0 Å². The molecule has 1 aromatic rings. The van der Waals surface area contributed by atoms with Crippen molar-refractivity contribution >= 4 is 0 Å². The molecule has 1 N–H and O–H groups in total. The Morgan fingerprint density at radius 2 is 2.07 bits per heavy atom. The van der Waals surface area contributed by atoms with Gasteiger partial charge in [-0.05, 0) is 31.0 Å². The van der Waals surface area contributed by atoms with E-state index in [1.807, 2.05) is 13.1 Å². The van der Waals surface area contributed by atoms with Crippen LogP contribution in [0, 0.1) is 13.8 Å². The Morgan fingerprint density at radius 1 is 1.33 bits per heavy atom. The molecular formula is C12H19N3. The molecule has 82 valence electrons. The highest BCUT2D eigenvalue weighted by atomic mass is 15.2. The van der Waals surface area contributed by atoms with Crippen molar-refractivity contribution in [3.8, 4) is 0 Å². The van der Waals surface area contributed by atoms with E-state index in [0.717, 1.165) is 38.4 Å². The van der Waals surface area contributed by atoms with Crippen molar-refractivity contribution < 1.29 is 0 Å². The van der Waals surface area contributed by atoms with Crippen molar-refractivity contribution in [1.82, 2.24) is 15.2 Å². The molecule has 0 saturated carbocycles. The summed E-state index contributed by atoms with van der Waals surface area (Å²) in [7, 11) is 0. The van der Waals surface area contributed by atoms with Crippen LogP contribution in [0.1, 0.15) is 16.8 Å². The first-order valence-corrected chi connectivity index (χ1v) is 5.61. The molecule has 0 bridgehead atoms. The fraction of sp³-hybridized carbons (Fsp3) is 0.583. The first-order valence-electron chi connectivity index (χ1n) is 5.61. The second kappa shape index (κ2) is 4.73. The molecule has 1 aliphatic heterocycles. The molecule has 0 unspecified atom stereocenters. The normalized spacial score (nSPS) is 18.0. The van der Waals surface area contributed by atoms with Gasteiger partial charge >= 0.3 is 0 Å². The Balaban J connectivity index is 2.03. The van der Waals surface area contributed by atoms with Gasteiger partial charge in [-0.3, -0.25) is 9.88 Å². The van der Waals surface area contributed by atoms with E-state index in [2.05, 4.69) is 28.2 Å². The van der Waals surface area contributed by atoms with Crippen LogP contribution in [-0.4, -0.2) is 36.1 Å². The molecule has 0 atom stereocenters. The SMILES string of the molecule is Cc1cc(C)c(CN2CCNCC2)cn1. The number of nitrogens with one attached hydrogen (secondary N) is 1.